The van der Waals surface area contributed by atoms with Gasteiger partial charge in [0.2, 0.25) is 0 Å². The molecule has 2 atom stereocenters. The molecule has 1 heterocycles. The number of thioether (sulfide) groups is 1. The molecule has 1 nitrogen and oxygen atoms in total. The smallest absolute Gasteiger partial charge is 0.0108 e. The molecule has 1 aliphatic heterocycles. The minimum Gasteiger partial charge on any atom is -0.328 e. The highest BCUT2D eigenvalue weighted by molar-refractivity contribution is 7.99. The Morgan fingerprint density at radius 3 is 3.07 bits per heavy atom. The maximum atomic E-state index is 5.86. The topological polar surface area (TPSA) is 26.0 Å². The SMILES string of the molecule is Cc1ccc2c(c1)C(CC(C)N)CS2. The van der Waals surface area contributed by atoms with Crippen LogP contribution in [-0.2, 0) is 0 Å². The van der Waals surface area contributed by atoms with Crippen LogP contribution in [0.25, 0.3) is 0 Å². The molecule has 2 unspecified atom stereocenters. The third kappa shape index (κ3) is 1.96. The van der Waals surface area contributed by atoms with Gasteiger partial charge in [0.1, 0.15) is 0 Å². The highest BCUT2D eigenvalue weighted by atomic mass is 32.2. The summed E-state index contributed by atoms with van der Waals surface area (Å²) in [5.41, 5.74) is 8.74. The van der Waals surface area contributed by atoms with Gasteiger partial charge in [0.25, 0.3) is 0 Å². The predicted molar refractivity (Wildman–Crippen MR) is 62.9 cm³/mol. The van der Waals surface area contributed by atoms with E-state index in [0.717, 1.165) is 6.42 Å². The second-order valence-electron chi connectivity index (χ2n) is 4.26. The van der Waals surface area contributed by atoms with E-state index in [0.29, 0.717) is 12.0 Å². The van der Waals surface area contributed by atoms with E-state index in [1.165, 1.54) is 21.8 Å². The first-order chi connectivity index (χ1) is 6.66. The second kappa shape index (κ2) is 3.95. The third-order valence-corrected chi connectivity index (χ3v) is 3.95. The van der Waals surface area contributed by atoms with Crippen molar-refractivity contribution in [1.29, 1.82) is 0 Å². The third-order valence-electron chi connectivity index (χ3n) is 2.70. The van der Waals surface area contributed by atoms with Gasteiger partial charge in [-0.1, -0.05) is 17.7 Å². The largest absolute Gasteiger partial charge is 0.328 e. The van der Waals surface area contributed by atoms with Crippen LogP contribution in [0.1, 0.15) is 30.4 Å². The number of nitrogens with two attached hydrogens (primary N) is 1. The minimum absolute atomic E-state index is 0.312. The van der Waals surface area contributed by atoms with Gasteiger partial charge in [-0.25, -0.2) is 0 Å². The van der Waals surface area contributed by atoms with E-state index >= 15 is 0 Å². The van der Waals surface area contributed by atoms with Crippen LogP contribution in [0.4, 0.5) is 0 Å². The number of rotatable bonds is 2. The van der Waals surface area contributed by atoms with E-state index in [2.05, 4.69) is 32.0 Å². The van der Waals surface area contributed by atoms with Crippen LogP contribution in [0.15, 0.2) is 23.1 Å². The van der Waals surface area contributed by atoms with Crippen molar-refractivity contribution in [2.45, 2.75) is 37.1 Å². The molecular weight excluding hydrogens is 190 g/mol. The zero-order chi connectivity index (χ0) is 10.1. The Bertz CT molecular complexity index is 333. The number of aryl methyl sites for hydroxylation is 1. The molecule has 2 N–H and O–H groups in total. The summed E-state index contributed by atoms with van der Waals surface area (Å²) >= 11 is 1.97. The first kappa shape index (κ1) is 10.1. The van der Waals surface area contributed by atoms with Crippen LogP contribution < -0.4 is 5.73 Å². The highest BCUT2D eigenvalue weighted by Crippen LogP contribution is 2.41. The normalized spacial score (nSPS) is 22.1. The Morgan fingerprint density at radius 2 is 2.36 bits per heavy atom. The molecule has 0 saturated heterocycles. The maximum absolute atomic E-state index is 5.86. The van der Waals surface area contributed by atoms with Crippen LogP contribution in [0, 0.1) is 6.92 Å². The zero-order valence-corrected chi connectivity index (χ0v) is 9.60. The fourth-order valence-electron chi connectivity index (χ4n) is 2.04. The minimum atomic E-state index is 0.312. The van der Waals surface area contributed by atoms with Gasteiger partial charge in [-0.15, -0.1) is 11.8 Å². The van der Waals surface area contributed by atoms with Crippen molar-refractivity contribution in [3.05, 3.63) is 29.3 Å². The molecule has 76 valence electrons. The summed E-state index contributed by atoms with van der Waals surface area (Å²) in [6, 6.07) is 7.07. The van der Waals surface area contributed by atoms with Crippen molar-refractivity contribution in [2.24, 2.45) is 5.73 Å². The molecule has 0 radical (unpaired) electrons. The quantitative estimate of drug-likeness (QED) is 0.807. The lowest BCUT2D eigenvalue weighted by Gasteiger charge is -2.13. The van der Waals surface area contributed by atoms with Gasteiger partial charge < -0.3 is 5.73 Å². The molecule has 0 amide bonds. The number of benzene rings is 1. The van der Waals surface area contributed by atoms with Crippen LogP contribution in [0.3, 0.4) is 0 Å². The maximum Gasteiger partial charge on any atom is 0.0108 e. The molecule has 0 aromatic heterocycles. The van der Waals surface area contributed by atoms with Gasteiger partial charge >= 0.3 is 0 Å². The van der Waals surface area contributed by atoms with Gasteiger partial charge in [0.05, 0.1) is 0 Å². The summed E-state index contributed by atoms with van der Waals surface area (Å²) < 4.78 is 0. The molecule has 1 aliphatic rings. The average Bonchev–Trinajstić information content (AvgIpc) is 2.47. The number of hydrogen-bond donors (Lipinski definition) is 1. The summed E-state index contributed by atoms with van der Waals surface area (Å²) in [6.07, 6.45) is 1.11. The van der Waals surface area contributed by atoms with Crippen molar-refractivity contribution in [1.82, 2.24) is 0 Å². The molecule has 2 heteroatoms. The van der Waals surface area contributed by atoms with Crippen molar-refractivity contribution in [3.63, 3.8) is 0 Å². The van der Waals surface area contributed by atoms with Gasteiger partial charge in [-0.2, -0.15) is 0 Å². The van der Waals surface area contributed by atoms with Gasteiger partial charge in [0, 0.05) is 16.7 Å². The lowest BCUT2D eigenvalue weighted by Crippen LogP contribution is -2.18. The van der Waals surface area contributed by atoms with E-state index in [9.17, 15) is 0 Å². The van der Waals surface area contributed by atoms with Crippen molar-refractivity contribution < 1.29 is 0 Å². The molecule has 14 heavy (non-hydrogen) atoms. The fraction of sp³-hybridized carbons (Fsp3) is 0.500. The monoisotopic (exact) mass is 207 g/mol. The van der Waals surface area contributed by atoms with Crippen LogP contribution in [-0.4, -0.2) is 11.8 Å². The second-order valence-corrected chi connectivity index (χ2v) is 5.32. The molecule has 1 aromatic carbocycles. The first-order valence-corrected chi connectivity index (χ1v) is 6.14. The first-order valence-electron chi connectivity index (χ1n) is 5.15. The predicted octanol–water partition coefficient (Wildman–Crippen LogP) is 2.92. The molecule has 2 rings (SSSR count). The number of hydrogen-bond acceptors (Lipinski definition) is 2. The summed E-state index contributed by atoms with van der Waals surface area (Å²) in [6.45, 7) is 4.25. The van der Waals surface area contributed by atoms with E-state index < -0.39 is 0 Å². The fourth-order valence-corrected chi connectivity index (χ4v) is 3.30. The highest BCUT2D eigenvalue weighted by Gasteiger charge is 2.23. The molecular formula is C12H17NS. The standard InChI is InChI=1S/C12H17NS/c1-8-3-4-12-11(5-8)10(7-14-12)6-9(2)13/h3-5,9-10H,6-7,13H2,1-2H3. The van der Waals surface area contributed by atoms with E-state index in [-0.39, 0.29) is 0 Å². The Morgan fingerprint density at radius 1 is 1.57 bits per heavy atom. The van der Waals surface area contributed by atoms with Crippen molar-refractivity contribution in [3.8, 4) is 0 Å². The Labute approximate surface area is 90.1 Å². The summed E-state index contributed by atoms with van der Waals surface area (Å²) in [4.78, 5) is 1.46. The Balaban J connectivity index is 2.24. The Kier molecular flexibility index (Phi) is 2.84. The average molecular weight is 207 g/mol. The van der Waals surface area contributed by atoms with Crippen LogP contribution in [0.2, 0.25) is 0 Å². The van der Waals surface area contributed by atoms with Gasteiger partial charge in [-0.3, -0.25) is 0 Å². The van der Waals surface area contributed by atoms with Gasteiger partial charge in [-0.05, 0) is 37.8 Å². The summed E-state index contributed by atoms with van der Waals surface area (Å²) in [5.74, 6) is 1.88. The molecule has 1 aromatic rings. The van der Waals surface area contributed by atoms with Crippen LogP contribution in [0.5, 0.6) is 0 Å². The van der Waals surface area contributed by atoms with Gasteiger partial charge in [0.15, 0.2) is 0 Å². The molecule has 0 aliphatic carbocycles. The van der Waals surface area contributed by atoms with Crippen molar-refractivity contribution >= 4 is 11.8 Å². The van der Waals surface area contributed by atoms with E-state index in [4.69, 9.17) is 5.73 Å². The van der Waals surface area contributed by atoms with E-state index in [1.54, 1.807) is 0 Å². The summed E-state index contributed by atoms with van der Waals surface area (Å²) in [5, 5.41) is 0. The van der Waals surface area contributed by atoms with Crippen LogP contribution >= 0.6 is 11.8 Å². The molecule has 0 bridgehead atoms. The van der Waals surface area contributed by atoms with E-state index in [1.807, 2.05) is 11.8 Å². The summed E-state index contributed by atoms with van der Waals surface area (Å²) in [7, 11) is 0. The lowest BCUT2D eigenvalue weighted by molar-refractivity contribution is 0.592. The number of fused-ring (bicyclic) bond motifs is 1. The molecule has 0 spiro atoms. The molecule has 0 fully saturated rings. The zero-order valence-electron chi connectivity index (χ0n) is 8.79. The molecule has 0 saturated carbocycles. The Hall–Kier alpha value is -0.470. The van der Waals surface area contributed by atoms with Crippen molar-refractivity contribution in [2.75, 3.05) is 5.75 Å². The lowest BCUT2D eigenvalue weighted by atomic mass is 9.94.